The fraction of sp³-hybridized carbons (Fsp3) is 0.733. The molecule has 0 radical (unpaired) electrons. The number of nitrogens with zero attached hydrogens (tertiary/aromatic N) is 2. The molecule has 0 spiro atoms. The number of likely N-dealkylation sites (tertiary alicyclic amines) is 1. The van der Waals surface area contributed by atoms with Crippen molar-refractivity contribution in [1.29, 1.82) is 0 Å². The Morgan fingerprint density at radius 2 is 2.10 bits per heavy atom. The lowest BCUT2D eigenvalue weighted by molar-refractivity contribution is -0.136. The van der Waals surface area contributed by atoms with E-state index in [9.17, 15) is 9.59 Å². The molecule has 0 aromatic heterocycles. The maximum atomic E-state index is 12.2. The summed E-state index contributed by atoms with van der Waals surface area (Å²) in [5.74, 6) is 0.108. The lowest BCUT2D eigenvalue weighted by atomic mass is 10.2. The predicted molar refractivity (Wildman–Crippen MR) is 80.1 cm³/mol. The zero-order valence-corrected chi connectivity index (χ0v) is 12.9. The molecule has 0 saturated carbocycles. The summed E-state index contributed by atoms with van der Waals surface area (Å²) in [7, 11) is 3.95. The minimum Gasteiger partial charge on any atom is -0.352 e. The summed E-state index contributed by atoms with van der Waals surface area (Å²) in [5, 5.41) is 2.83. The highest BCUT2D eigenvalue weighted by molar-refractivity contribution is 5.92. The standard InChI is InChI=1S/C15H27N3O2/c1-12(2)15(20)16-10-9-13(17(3)4)18-11-7-5-6-8-14(18)19/h13H,1,5-11H2,2-4H3,(H,16,20). The Kier molecular flexibility index (Phi) is 6.71. The van der Waals surface area contributed by atoms with E-state index in [1.807, 2.05) is 19.0 Å². The van der Waals surface area contributed by atoms with Crippen LogP contribution in [0.4, 0.5) is 0 Å². The topological polar surface area (TPSA) is 52.7 Å². The molecule has 114 valence electrons. The van der Waals surface area contributed by atoms with Gasteiger partial charge in [0, 0.05) is 25.1 Å². The average Bonchev–Trinajstić information content (AvgIpc) is 2.59. The quantitative estimate of drug-likeness (QED) is 0.748. The zero-order chi connectivity index (χ0) is 15.1. The zero-order valence-electron chi connectivity index (χ0n) is 12.9. The van der Waals surface area contributed by atoms with Crippen LogP contribution in [-0.2, 0) is 9.59 Å². The fourth-order valence-corrected chi connectivity index (χ4v) is 2.48. The van der Waals surface area contributed by atoms with E-state index >= 15 is 0 Å². The van der Waals surface area contributed by atoms with Gasteiger partial charge in [-0.1, -0.05) is 13.0 Å². The van der Waals surface area contributed by atoms with E-state index in [0.717, 1.165) is 32.2 Å². The predicted octanol–water partition coefficient (Wildman–Crippen LogP) is 1.36. The van der Waals surface area contributed by atoms with Crippen LogP contribution in [0, 0.1) is 0 Å². The van der Waals surface area contributed by atoms with Crippen LogP contribution in [0.5, 0.6) is 0 Å². The van der Waals surface area contributed by atoms with Gasteiger partial charge in [0.05, 0.1) is 6.17 Å². The van der Waals surface area contributed by atoms with Crippen molar-refractivity contribution >= 4 is 11.8 Å². The number of hydrogen-bond acceptors (Lipinski definition) is 3. The van der Waals surface area contributed by atoms with Crippen LogP contribution in [0.25, 0.3) is 0 Å². The lowest BCUT2D eigenvalue weighted by Crippen LogP contribution is -2.49. The molecule has 1 aliphatic rings. The first-order chi connectivity index (χ1) is 9.43. The Bertz CT molecular complexity index is 366. The third kappa shape index (κ3) is 4.96. The maximum Gasteiger partial charge on any atom is 0.246 e. The van der Waals surface area contributed by atoms with Gasteiger partial charge in [-0.25, -0.2) is 0 Å². The van der Waals surface area contributed by atoms with Crippen molar-refractivity contribution in [3.8, 4) is 0 Å². The van der Waals surface area contributed by atoms with Gasteiger partial charge in [-0.05, 0) is 40.3 Å². The third-order valence-electron chi connectivity index (χ3n) is 3.64. The maximum absolute atomic E-state index is 12.2. The number of carbonyl (C=O) groups excluding carboxylic acids is 2. The van der Waals surface area contributed by atoms with Gasteiger partial charge in [-0.2, -0.15) is 0 Å². The summed E-state index contributed by atoms with van der Waals surface area (Å²) in [6, 6.07) is 0. The van der Waals surface area contributed by atoms with Gasteiger partial charge in [0.1, 0.15) is 0 Å². The van der Waals surface area contributed by atoms with Gasteiger partial charge in [0.25, 0.3) is 0 Å². The molecule has 1 saturated heterocycles. The lowest BCUT2D eigenvalue weighted by Gasteiger charge is -2.35. The van der Waals surface area contributed by atoms with Gasteiger partial charge < -0.3 is 10.2 Å². The molecule has 0 aliphatic carbocycles. The van der Waals surface area contributed by atoms with E-state index in [2.05, 4.69) is 16.8 Å². The summed E-state index contributed by atoms with van der Waals surface area (Å²) in [5.41, 5.74) is 0.511. The molecule has 0 aromatic rings. The van der Waals surface area contributed by atoms with Gasteiger partial charge in [-0.15, -0.1) is 0 Å². The van der Waals surface area contributed by atoms with E-state index in [-0.39, 0.29) is 18.0 Å². The van der Waals surface area contributed by atoms with E-state index in [4.69, 9.17) is 0 Å². The molecule has 1 aliphatic heterocycles. The molecule has 1 N–H and O–H groups in total. The van der Waals surface area contributed by atoms with Crippen LogP contribution in [0.1, 0.15) is 39.0 Å². The molecule has 5 heteroatoms. The van der Waals surface area contributed by atoms with Gasteiger partial charge in [0.15, 0.2) is 0 Å². The second kappa shape index (κ2) is 8.04. The second-order valence-corrected chi connectivity index (χ2v) is 5.67. The summed E-state index contributed by atoms with van der Waals surface area (Å²) in [6.07, 6.45) is 4.59. The summed E-state index contributed by atoms with van der Waals surface area (Å²) >= 11 is 0. The number of amides is 2. The fourth-order valence-electron chi connectivity index (χ4n) is 2.48. The van der Waals surface area contributed by atoms with Crippen molar-refractivity contribution in [1.82, 2.24) is 15.1 Å². The Hall–Kier alpha value is -1.36. The molecule has 2 amide bonds. The molecule has 1 heterocycles. The van der Waals surface area contributed by atoms with Crippen LogP contribution < -0.4 is 5.32 Å². The van der Waals surface area contributed by atoms with E-state index in [1.165, 1.54) is 0 Å². The molecule has 5 nitrogen and oxygen atoms in total. The Labute approximate surface area is 122 Å². The SMILES string of the molecule is C=C(C)C(=O)NCCC(N(C)C)N1CCCCCC1=O. The minimum atomic E-state index is -0.121. The molecule has 20 heavy (non-hydrogen) atoms. The minimum absolute atomic E-state index is 0.0472. The smallest absolute Gasteiger partial charge is 0.246 e. The van der Waals surface area contributed by atoms with Crippen molar-refractivity contribution in [3.05, 3.63) is 12.2 Å². The van der Waals surface area contributed by atoms with Crippen molar-refractivity contribution in [2.45, 2.75) is 45.2 Å². The number of hydrogen-bond donors (Lipinski definition) is 1. The normalized spacial score (nSPS) is 17.8. The number of carbonyl (C=O) groups is 2. The Morgan fingerprint density at radius 3 is 2.70 bits per heavy atom. The van der Waals surface area contributed by atoms with Crippen LogP contribution in [-0.4, -0.2) is 55.0 Å². The largest absolute Gasteiger partial charge is 0.352 e. The number of rotatable bonds is 6. The van der Waals surface area contributed by atoms with Gasteiger partial charge in [0.2, 0.25) is 11.8 Å². The van der Waals surface area contributed by atoms with E-state index in [0.29, 0.717) is 18.5 Å². The number of nitrogens with one attached hydrogen (secondary N) is 1. The van der Waals surface area contributed by atoms with E-state index in [1.54, 1.807) is 6.92 Å². The van der Waals surface area contributed by atoms with Gasteiger partial charge >= 0.3 is 0 Å². The highest BCUT2D eigenvalue weighted by atomic mass is 16.2. The van der Waals surface area contributed by atoms with Crippen LogP contribution in [0.2, 0.25) is 0 Å². The van der Waals surface area contributed by atoms with Crippen molar-refractivity contribution < 1.29 is 9.59 Å². The van der Waals surface area contributed by atoms with Crippen molar-refractivity contribution in [2.75, 3.05) is 27.2 Å². The van der Waals surface area contributed by atoms with E-state index < -0.39 is 0 Å². The van der Waals surface area contributed by atoms with Crippen LogP contribution in [0.3, 0.4) is 0 Å². The molecule has 1 atom stereocenters. The molecular weight excluding hydrogens is 254 g/mol. The summed E-state index contributed by atoms with van der Waals surface area (Å²) < 4.78 is 0. The Morgan fingerprint density at radius 1 is 1.40 bits per heavy atom. The first-order valence-electron chi connectivity index (χ1n) is 7.33. The summed E-state index contributed by atoms with van der Waals surface area (Å²) in [6.45, 7) is 6.68. The molecule has 1 unspecified atom stereocenters. The highest BCUT2D eigenvalue weighted by Gasteiger charge is 2.26. The monoisotopic (exact) mass is 281 g/mol. The second-order valence-electron chi connectivity index (χ2n) is 5.67. The summed E-state index contributed by atoms with van der Waals surface area (Å²) in [4.78, 5) is 27.7. The van der Waals surface area contributed by atoms with Crippen LogP contribution >= 0.6 is 0 Å². The molecular formula is C15H27N3O2. The molecule has 0 bridgehead atoms. The van der Waals surface area contributed by atoms with Gasteiger partial charge in [-0.3, -0.25) is 14.5 Å². The Balaban J connectivity index is 2.57. The van der Waals surface area contributed by atoms with Crippen molar-refractivity contribution in [3.63, 3.8) is 0 Å². The third-order valence-corrected chi connectivity index (χ3v) is 3.64. The molecule has 1 fully saturated rings. The molecule has 0 aromatic carbocycles. The average molecular weight is 281 g/mol. The molecule has 1 rings (SSSR count). The first-order valence-corrected chi connectivity index (χ1v) is 7.33. The van der Waals surface area contributed by atoms with Crippen molar-refractivity contribution in [2.24, 2.45) is 0 Å². The first kappa shape index (κ1) is 16.7. The van der Waals surface area contributed by atoms with Crippen LogP contribution in [0.15, 0.2) is 12.2 Å². The highest BCUT2D eigenvalue weighted by Crippen LogP contribution is 2.16.